The van der Waals surface area contributed by atoms with Crippen LogP contribution in [0.3, 0.4) is 0 Å². The number of thioether (sulfide) groups is 1. The lowest BCUT2D eigenvalue weighted by Crippen LogP contribution is -2.23. The lowest BCUT2D eigenvalue weighted by atomic mass is 10.0. The van der Waals surface area contributed by atoms with Crippen LogP contribution in [-0.4, -0.2) is 30.9 Å². The molecule has 2 aromatic heterocycles. The van der Waals surface area contributed by atoms with Gasteiger partial charge in [-0.2, -0.15) is 0 Å². The van der Waals surface area contributed by atoms with E-state index in [1.807, 2.05) is 66.3 Å². The zero-order valence-electron chi connectivity index (χ0n) is 19.5. The van der Waals surface area contributed by atoms with Crippen LogP contribution in [0.2, 0.25) is 0 Å². The van der Waals surface area contributed by atoms with E-state index in [0.717, 1.165) is 11.4 Å². The molecule has 0 spiro atoms. The van der Waals surface area contributed by atoms with Crippen molar-refractivity contribution in [3.63, 3.8) is 0 Å². The maximum Gasteiger partial charge on any atom is 0.239 e. The number of para-hydroxylation sites is 1. The van der Waals surface area contributed by atoms with Crippen LogP contribution in [0.25, 0.3) is 5.69 Å². The number of carbonyl (C=O) groups excluding carboxylic acids is 1. The van der Waals surface area contributed by atoms with E-state index in [1.54, 1.807) is 6.20 Å². The lowest BCUT2D eigenvalue weighted by Gasteiger charge is -2.18. The summed E-state index contributed by atoms with van der Waals surface area (Å²) in [5, 5.41) is 14.3. The third kappa shape index (κ3) is 5.66. The van der Waals surface area contributed by atoms with Gasteiger partial charge in [-0.1, -0.05) is 55.9 Å². The molecule has 0 saturated heterocycles. The monoisotopic (exact) mass is 493 g/mol. The highest BCUT2D eigenvalue weighted by atomic mass is 32.2. The summed E-state index contributed by atoms with van der Waals surface area (Å²) in [6, 6.07) is 18.0. The highest BCUT2D eigenvalue weighted by Crippen LogP contribution is 2.30. The average molecular weight is 494 g/mol. The number of nitrogens with zero attached hydrogens (tertiary/aromatic N) is 4. The summed E-state index contributed by atoms with van der Waals surface area (Å²) >= 11 is 2.73. The van der Waals surface area contributed by atoms with Crippen LogP contribution < -0.4 is 10.1 Å². The molecule has 2 atom stereocenters. The van der Waals surface area contributed by atoms with Crippen molar-refractivity contribution in [1.82, 2.24) is 19.7 Å². The molecule has 0 aliphatic heterocycles. The highest BCUT2D eigenvalue weighted by molar-refractivity contribution is 8.00. The molecule has 2 aromatic carbocycles. The fourth-order valence-corrected chi connectivity index (χ4v) is 4.74. The van der Waals surface area contributed by atoms with Gasteiger partial charge in [-0.25, -0.2) is 4.98 Å². The van der Waals surface area contributed by atoms with Crippen molar-refractivity contribution >= 4 is 34.1 Å². The molecular weight excluding hydrogens is 466 g/mol. The molecule has 34 heavy (non-hydrogen) atoms. The first kappa shape index (κ1) is 24.0. The number of ether oxygens (including phenoxy) is 1. The number of hydrogen-bond acceptors (Lipinski definition) is 7. The van der Waals surface area contributed by atoms with Gasteiger partial charge in [0.25, 0.3) is 0 Å². The Balaban J connectivity index is 1.57. The second kappa shape index (κ2) is 10.8. The lowest BCUT2D eigenvalue weighted by molar-refractivity contribution is -0.115. The minimum absolute atomic E-state index is 0.140. The highest BCUT2D eigenvalue weighted by Gasteiger charge is 2.25. The van der Waals surface area contributed by atoms with E-state index < -0.39 is 5.25 Å². The summed E-state index contributed by atoms with van der Waals surface area (Å²) < 4.78 is 8.16. The van der Waals surface area contributed by atoms with Crippen LogP contribution >= 0.6 is 23.1 Å². The van der Waals surface area contributed by atoms with E-state index in [1.165, 1.54) is 28.7 Å². The van der Waals surface area contributed by atoms with Crippen molar-refractivity contribution in [3.05, 3.63) is 77.6 Å². The summed E-state index contributed by atoms with van der Waals surface area (Å²) in [7, 11) is 0. The topological polar surface area (TPSA) is 81.9 Å². The predicted molar refractivity (Wildman–Crippen MR) is 137 cm³/mol. The summed E-state index contributed by atoms with van der Waals surface area (Å²) in [5.41, 5.74) is 2.17. The molecule has 7 nitrogen and oxygen atoms in total. The molecule has 2 heterocycles. The molecule has 0 aliphatic rings. The van der Waals surface area contributed by atoms with Crippen molar-refractivity contribution in [2.75, 3.05) is 5.32 Å². The van der Waals surface area contributed by atoms with E-state index in [0.29, 0.717) is 22.0 Å². The molecule has 4 aromatic rings. The van der Waals surface area contributed by atoms with Gasteiger partial charge in [-0.15, -0.1) is 21.5 Å². The molecule has 0 fully saturated rings. The van der Waals surface area contributed by atoms with Crippen LogP contribution in [0.1, 0.15) is 51.1 Å². The van der Waals surface area contributed by atoms with E-state index in [2.05, 4.69) is 46.5 Å². The number of anilines is 1. The van der Waals surface area contributed by atoms with Gasteiger partial charge in [0.05, 0.1) is 5.25 Å². The summed E-state index contributed by atoms with van der Waals surface area (Å²) in [6.07, 6.45) is 1.31. The Hall–Kier alpha value is -3.17. The Morgan fingerprint density at radius 2 is 1.76 bits per heavy atom. The van der Waals surface area contributed by atoms with E-state index in [4.69, 9.17) is 4.74 Å². The molecule has 176 valence electrons. The number of benzene rings is 2. The van der Waals surface area contributed by atoms with Crippen LogP contribution in [0, 0.1) is 0 Å². The first-order valence-electron chi connectivity index (χ1n) is 11.1. The SMILES string of the molecule is CC(Sc1nnc(C(C)Oc2ccc(C(C)C)cc2)n1-c1ccccc1)C(=O)Nc1nccs1. The molecule has 2 unspecified atom stereocenters. The van der Waals surface area contributed by atoms with E-state index in [9.17, 15) is 4.79 Å². The number of aromatic nitrogens is 4. The normalized spacial score (nSPS) is 13.0. The van der Waals surface area contributed by atoms with Crippen molar-refractivity contribution in [1.29, 1.82) is 0 Å². The maximum atomic E-state index is 12.7. The van der Waals surface area contributed by atoms with Crippen LogP contribution in [-0.2, 0) is 4.79 Å². The van der Waals surface area contributed by atoms with E-state index in [-0.39, 0.29) is 12.0 Å². The van der Waals surface area contributed by atoms with Gasteiger partial charge in [0.15, 0.2) is 22.2 Å². The molecule has 0 bridgehead atoms. The second-order valence-electron chi connectivity index (χ2n) is 8.08. The molecule has 1 amide bonds. The predicted octanol–water partition coefficient (Wildman–Crippen LogP) is 6.11. The number of carbonyl (C=O) groups is 1. The number of thiazole rings is 1. The molecule has 1 N–H and O–H groups in total. The molecular formula is C25H27N5O2S2. The fraction of sp³-hybridized carbons (Fsp3) is 0.280. The van der Waals surface area contributed by atoms with Crippen LogP contribution in [0.4, 0.5) is 5.13 Å². The summed E-state index contributed by atoms with van der Waals surface area (Å²) in [5.74, 6) is 1.75. The first-order valence-corrected chi connectivity index (χ1v) is 12.8. The third-order valence-corrected chi connectivity index (χ3v) is 6.94. The quantitative estimate of drug-likeness (QED) is 0.284. The first-order chi connectivity index (χ1) is 16.4. The average Bonchev–Trinajstić information content (AvgIpc) is 3.50. The van der Waals surface area contributed by atoms with Gasteiger partial charge in [-0.3, -0.25) is 9.36 Å². The van der Waals surface area contributed by atoms with Crippen molar-refractivity contribution in [2.45, 2.75) is 50.1 Å². The number of hydrogen-bond donors (Lipinski definition) is 1. The van der Waals surface area contributed by atoms with Crippen molar-refractivity contribution < 1.29 is 9.53 Å². The third-order valence-electron chi connectivity index (χ3n) is 5.21. The minimum atomic E-state index is -0.400. The fourth-order valence-electron chi connectivity index (χ4n) is 3.33. The zero-order valence-corrected chi connectivity index (χ0v) is 21.1. The second-order valence-corrected chi connectivity index (χ2v) is 10.3. The van der Waals surface area contributed by atoms with Gasteiger partial charge in [-0.05, 0) is 49.6 Å². The van der Waals surface area contributed by atoms with Crippen LogP contribution in [0.5, 0.6) is 5.75 Å². The smallest absolute Gasteiger partial charge is 0.239 e. The maximum absolute atomic E-state index is 12.7. The summed E-state index contributed by atoms with van der Waals surface area (Å²) in [6.45, 7) is 8.12. The molecule has 4 rings (SSSR count). The number of nitrogens with one attached hydrogen (secondary N) is 1. The standard InChI is InChI=1S/C25H27N5O2S2/c1-16(2)19-10-12-21(13-11-19)32-17(3)22-28-29-25(30(22)20-8-6-5-7-9-20)34-18(4)23(31)27-24-26-14-15-33-24/h5-18H,1-4H3,(H,26,27,31). The molecule has 0 aliphatic carbocycles. The Kier molecular flexibility index (Phi) is 7.64. The van der Waals surface area contributed by atoms with Crippen molar-refractivity contribution in [2.24, 2.45) is 0 Å². The zero-order chi connectivity index (χ0) is 24.1. The van der Waals surface area contributed by atoms with Gasteiger partial charge >= 0.3 is 0 Å². The largest absolute Gasteiger partial charge is 0.483 e. The Morgan fingerprint density at radius 3 is 2.41 bits per heavy atom. The van der Waals surface area contributed by atoms with Gasteiger partial charge in [0, 0.05) is 17.3 Å². The molecule has 0 radical (unpaired) electrons. The Labute approximate surface area is 207 Å². The Bertz CT molecular complexity index is 1210. The minimum Gasteiger partial charge on any atom is -0.483 e. The number of rotatable bonds is 9. The molecule has 0 saturated carbocycles. The van der Waals surface area contributed by atoms with Crippen LogP contribution in [0.15, 0.2) is 71.3 Å². The van der Waals surface area contributed by atoms with Gasteiger partial charge in [0.2, 0.25) is 5.91 Å². The Morgan fingerprint density at radius 1 is 1.03 bits per heavy atom. The number of amides is 1. The van der Waals surface area contributed by atoms with Gasteiger partial charge < -0.3 is 10.1 Å². The van der Waals surface area contributed by atoms with E-state index >= 15 is 0 Å². The molecule has 9 heteroatoms. The van der Waals surface area contributed by atoms with Gasteiger partial charge in [0.1, 0.15) is 5.75 Å². The summed E-state index contributed by atoms with van der Waals surface area (Å²) in [4.78, 5) is 16.8. The van der Waals surface area contributed by atoms with Crippen molar-refractivity contribution in [3.8, 4) is 11.4 Å².